The minimum absolute atomic E-state index is 0.00843. The molecule has 0 radical (unpaired) electrons. The first-order chi connectivity index (χ1) is 5.52. The fourth-order valence-corrected chi connectivity index (χ4v) is 1.73. The third-order valence-electron chi connectivity index (χ3n) is 2.70. The summed E-state index contributed by atoms with van der Waals surface area (Å²) in [7, 11) is 1.32. The minimum Gasteiger partial charge on any atom is -0.468 e. The van der Waals surface area contributed by atoms with Crippen molar-refractivity contribution in [2.45, 2.75) is 26.7 Å². The molecule has 1 aliphatic rings. The van der Waals surface area contributed by atoms with Crippen molar-refractivity contribution >= 4 is 11.8 Å². The molecule has 0 bridgehead atoms. The van der Waals surface area contributed by atoms with E-state index >= 15 is 0 Å². The van der Waals surface area contributed by atoms with E-state index in [0.717, 1.165) is 6.42 Å². The molecule has 2 atom stereocenters. The number of carbonyl (C=O) groups excluding carboxylic acids is 2. The summed E-state index contributed by atoms with van der Waals surface area (Å²) < 4.78 is 4.60. The number of hydrogen-bond donors (Lipinski definition) is 0. The molecule has 0 aliphatic heterocycles. The van der Waals surface area contributed by atoms with Gasteiger partial charge >= 0.3 is 5.97 Å². The summed E-state index contributed by atoms with van der Waals surface area (Å²) in [6.45, 7) is 3.53. The zero-order valence-corrected chi connectivity index (χ0v) is 7.72. The van der Waals surface area contributed by atoms with Crippen molar-refractivity contribution in [3.63, 3.8) is 0 Å². The predicted molar refractivity (Wildman–Crippen MR) is 43.5 cm³/mol. The Bertz CT molecular complexity index is 222. The van der Waals surface area contributed by atoms with Gasteiger partial charge in [-0.1, -0.05) is 6.92 Å². The molecule has 0 spiro atoms. The van der Waals surface area contributed by atoms with Crippen LogP contribution in [0.5, 0.6) is 0 Å². The summed E-state index contributed by atoms with van der Waals surface area (Å²) in [6.07, 6.45) is 1.42. The van der Waals surface area contributed by atoms with Crippen molar-refractivity contribution in [3.05, 3.63) is 0 Å². The lowest BCUT2D eigenvalue weighted by atomic mass is 9.87. The second kappa shape index (κ2) is 2.88. The predicted octanol–water partition coefficient (Wildman–Crippen LogP) is 1.16. The topological polar surface area (TPSA) is 43.4 Å². The van der Waals surface area contributed by atoms with Gasteiger partial charge in [-0.2, -0.15) is 0 Å². The number of esters is 1. The number of hydrogen-bond acceptors (Lipinski definition) is 3. The zero-order chi connectivity index (χ0) is 9.35. The van der Waals surface area contributed by atoms with Gasteiger partial charge in [0.15, 0.2) is 5.78 Å². The molecule has 3 heteroatoms. The van der Waals surface area contributed by atoms with Crippen LogP contribution in [-0.4, -0.2) is 18.9 Å². The van der Waals surface area contributed by atoms with Crippen LogP contribution in [0.1, 0.15) is 26.7 Å². The standard InChI is InChI=1S/C9H14O3/c1-6-4-5-9(2,7(6)10)8(11)12-3/h6H,4-5H2,1-3H3/t6-,9+/m1/s1. The zero-order valence-electron chi connectivity index (χ0n) is 7.72. The quantitative estimate of drug-likeness (QED) is 0.438. The molecular weight excluding hydrogens is 156 g/mol. The van der Waals surface area contributed by atoms with Crippen molar-refractivity contribution in [1.82, 2.24) is 0 Å². The highest BCUT2D eigenvalue weighted by atomic mass is 16.5. The van der Waals surface area contributed by atoms with Gasteiger partial charge in [0.1, 0.15) is 5.41 Å². The van der Waals surface area contributed by atoms with E-state index in [2.05, 4.69) is 4.74 Å². The van der Waals surface area contributed by atoms with Gasteiger partial charge in [-0.3, -0.25) is 9.59 Å². The number of Topliss-reactive ketones (excluding diaryl/α,β-unsaturated/α-hetero) is 1. The first kappa shape index (κ1) is 9.23. The number of ketones is 1. The lowest BCUT2D eigenvalue weighted by Gasteiger charge is -2.18. The van der Waals surface area contributed by atoms with Crippen LogP contribution >= 0.6 is 0 Å². The van der Waals surface area contributed by atoms with Gasteiger partial charge in [0.05, 0.1) is 7.11 Å². The summed E-state index contributed by atoms with van der Waals surface area (Å²) in [6, 6.07) is 0. The van der Waals surface area contributed by atoms with E-state index in [1.54, 1.807) is 6.92 Å². The van der Waals surface area contributed by atoms with Crippen molar-refractivity contribution in [2.24, 2.45) is 11.3 Å². The maximum atomic E-state index is 11.5. The van der Waals surface area contributed by atoms with Crippen LogP contribution in [0.15, 0.2) is 0 Å². The molecule has 1 saturated carbocycles. The molecule has 1 aliphatic carbocycles. The van der Waals surface area contributed by atoms with E-state index < -0.39 is 11.4 Å². The number of ether oxygens (including phenoxy) is 1. The Morgan fingerprint density at radius 3 is 2.58 bits per heavy atom. The van der Waals surface area contributed by atoms with Crippen molar-refractivity contribution in [1.29, 1.82) is 0 Å². The lowest BCUT2D eigenvalue weighted by Crippen LogP contribution is -2.34. The van der Waals surface area contributed by atoms with E-state index in [0.29, 0.717) is 6.42 Å². The highest BCUT2D eigenvalue weighted by molar-refractivity contribution is 6.05. The molecule has 0 N–H and O–H groups in total. The molecule has 1 fully saturated rings. The smallest absolute Gasteiger partial charge is 0.319 e. The second-order valence-electron chi connectivity index (χ2n) is 3.63. The van der Waals surface area contributed by atoms with Gasteiger partial charge in [0.25, 0.3) is 0 Å². The van der Waals surface area contributed by atoms with E-state index in [1.807, 2.05) is 6.92 Å². The average molecular weight is 170 g/mol. The van der Waals surface area contributed by atoms with E-state index in [9.17, 15) is 9.59 Å². The van der Waals surface area contributed by atoms with Gasteiger partial charge in [-0.05, 0) is 19.8 Å². The molecule has 0 aromatic carbocycles. The van der Waals surface area contributed by atoms with Crippen LogP contribution < -0.4 is 0 Å². The molecule has 0 unspecified atom stereocenters. The molecule has 12 heavy (non-hydrogen) atoms. The summed E-state index contributed by atoms with van der Waals surface area (Å²) in [5.41, 5.74) is -0.867. The molecule has 68 valence electrons. The summed E-state index contributed by atoms with van der Waals surface area (Å²) in [5, 5.41) is 0. The second-order valence-corrected chi connectivity index (χ2v) is 3.63. The number of rotatable bonds is 1. The number of methoxy groups -OCH3 is 1. The normalized spacial score (nSPS) is 35.2. The lowest BCUT2D eigenvalue weighted by molar-refractivity contribution is -0.155. The van der Waals surface area contributed by atoms with Crippen LogP contribution in [0.4, 0.5) is 0 Å². The maximum Gasteiger partial charge on any atom is 0.319 e. The molecule has 3 nitrogen and oxygen atoms in total. The Morgan fingerprint density at radius 1 is 1.67 bits per heavy atom. The Labute approximate surface area is 72.1 Å². The molecular formula is C9H14O3. The third kappa shape index (κ3) is 1.13. The summed E-state index contributed by atoms with van der Waals surface area (Å²) >= 11 is 0. The Morgan fingerprint density at radius 2 is 2.25 bits per heavy atom. The number of carbonyl (C=O) groups is 2. The van der Waals surface area contributed by atoms with Crippen LogP contribution in [0.25, 0.3) is 0 Å². The van der Waals surface area contributed by atoms with Crippen molar-refractivity contribution in [3.8, 4) is 0 Å². The molecule has 0 heterocycles. The van der Waals surface area contributed by atoms with Gasteiger partial charge in [-0.15, -0.1) is 0 Å². The van der Waals surface area contributed by atoms with Gasteiger partial charge in [-0.25, -0.2) is 0 Å². The van der Waals surface area contributed by atoms with Crippen molar-refractivity contribution < 1.29 is 14.3 Å². The van der Waals surface area contributed by atoms with Crippen LogP contribution in [0.3, 0.4) is 0 Å². The summed E-state index contributed by atoms with van der Waals surface area (Å²) in [4.78, 5) is 22.8. The molecule has 1 rings (SSSR count). The Kier molecular flexibility index (Phi) is 2.22. The van der Waals surface area contributed by atoms with Crippen LogP contribution in [0.2, 0.25) is 0 Å². The largest absolute Gasteiger partial charge is 0.468 e. The highest BCUT2D eigenvalue weighted by Gasteiger charge is 2.48. The van der Waals surface area contributed by atoms with Gasteiger partial charge in [0, 0.05) is 5.92 Å². The van der Waals surface area contributed by atoms with E-state index in [4.69, 9.17) is 0 Å². The fourth-order valence-electron chi connectivity index (χ4n) is 1.73. The van der Waals surface area contributed by atoms with E-state index in [1.165, 1.54) is 7.11 Å². The molecule has 0 aromatic rings. The monoisotopic (exact) mass is 170 g/mol. The van der Waals surface area contributed by atoms with Gasteiger partial charge < -0.3 is 4.74 Å². The summed E-state index contributed by atoms with van der Waals surface area (Å²) in [5.74, 6) is -0.361. The molecule has 0 amide bonds. The van der Waals surface area contributed by atoms with Crippen LogP contribution in [0, 0.1) is 11.3 Å². The first-order valence-electron chi connectivity index (χ1n) is 4.15. The maximum absolute atomic E-state index is 11.5. The van der Waals surface area contributed by atoms with Crippen molar-refractivity contribution in [2.75, 3.05) is 7.11 Å². The molecule has 0 saturated heterocycles. The molecule has 0 aromatic heterocycles. The van der Waals surface area contributed by atoms with Crippen LogP contribution in [-0.2, 0) is 14.3 Å². The SMILES string of the molecule is COC(=O)[C@@]1(C)CC[C@@H](C)C1=O. The highest BCUT2D eigenvalue weighted by Crippen LogP contribution is 2.38. The van der Waals surface area contributed by atoms with E-state index in [-0.39, 0.29) is 11.7 Å². The van der Waals surface area contributed by atoms with Gasteiger partial charge in [0.2, 0.25) is 0 Å². The Balaban J connectivity index is 2.86. The first-order valence-corrected chi connectivity index (χ1v) is 4.15. The fraction of sp³-hybridized carbons (Fsp3) is 0.778. The Hall–Kier alpha value is -0.860. The minimum atomic E-state index is -0.867. The average Bonchev–Trinajstić information content (AvgIpc) is 2.33. The third-order valence-corrected chi connectivity index (χ3v) is 2.70.